The lowest BCUT2D eigenvalue weighted by Gasteiger charge is -2.18. The van der Waals surface area contributed by atoms with Crippen molar-refractivity contribution in [1.29, 1.82) is 0 Å². The molecule has 2 atom stereocenters. The lowest BCUT2D eigenvalue weighted by atomic mass is 10.00. The highest BCUT2D eigenvalue weighted by Gasteiger charge is 2.21. The molecule has 0 saturated heterocycles. The molecule has 154 valence electrons. The van der Waals surface area contributed by atoms with Crippen molar-refractivity contribution in [2.75, 3.05) is 32.9 Å². The monoisotopic (exact) mass is 384 g/mol. The number of rotatable bonds is 16. The van der Waals surface area contributed by atoms with Gasteiger partial charge in [-0.15, -0.1) is 13.2 Å². The van der Waals surface area contributed by atoms with Gasteiger partial charge < -0.3 is 25.2 Å². The minimum atomic E-state index is -0.551. The van der Waals surface area contributed by atoms with Crippen LogP contribution in [0.4, 0.5) is 0 Å². The molecule has 0 aliphatic heterocycles. The van der Waals surface area contributed by atoms with E-state index in [-0.39, 0.29) is 50.4 Å². The molecule has 0 fully saturated rings. The van der Waals surface area contributed by atoms with Crippen LogP contribution in [0.5, 0.6) is 0 Å². The van der Waals surface area contributed by atoms with Gasteiger partial charge in [-0.25, -0.2) is 0 Å². The molecular formula is C19H32N2O6. The van der Waals surface area contributed by atoms with Crippen molar-refractivity contribution in [1.82, 2.24) is 10.6 Å². The minimum Gasteiger partial charge on any atom is -0.461 e. The highest BCUT2D eigenvalue weighted by atomic mass is 16.5. The number of hydrogen-bond acceptors (Lipinski definition) is 6. The number of aliphatic hydroxyl groups excluding tert-OH is 1. The lowest BCUT2D eigenvalue weighted by molar-refractivity contribution is -0.148. The van der Waals surface area contributed by atoms with E-state index in [2.05, 4.69) is 23.8 Å². The Morgan fingerprint density at radius 2 is 1.89 bits per heavy atom. The van der Waals surface area contributed by atoms with Gasteiger partial charge >= 0.3 is 5.97 Å². The van der Waals surface area contributed by atoms with Crippen molar-refractivity contribution < 1.29 is 29.0 Å². The number of nitrogens with one attached hydrogen (secondary N) is 2. The molecule has 2 amide bonds. The number of carbonyl (C=O) groups is 3. The number of hydrogen-bond donors (Lipinski definition) is 3. The molecule has 0 aromatic carbocycles. The van der Waals surface area contributed by atoms with Crippen LogP contribution in [0.25, 0.3) is 0 Å². The zero-order chi connectivity index (χ0) is 20.5. The summed E-state index contributed by atoms with van der Waals surface area (Å²) in [6.07, 6.45) is 3.92. The van der Waals surface area contributed by atoms with Crippen LogP contribution in [-0.4, -0.2) is 61.9 Å². The number of allylic oxidation sites excluding steroid dienone is 2. The zero-order valence-electron chi connectivity index (χ0n) is 16.1. The Balaban J connectivity index is 4.25. The number of amides is 2. The second kappa shape index (κ2) is 16.0. The number of carbonyl (C=O) groups excluding carboxylic acids is 3. The molecule has 0 rings (SSSR count). The third kappa shape index (κ3) is 13.6. The molecule has 0 spiro atoms. The summed E-state index contributed by atoms with van der Waals surface area (Å²) in [5, 5.41) is 14.0. The molecule has 2 unspecified atom stereocenters. The van der Waals surface area contributed by atoms with Crippen LogP contribution < -0.4 is 10.6 Å². The van der Waals surface area contributed by atoms with Crippen LogP contribution in [0.1, 0.15) is 32.6 Å². The van der Waals surface area contributed by atoms with Gasteiger partial charge in [0.05, 0.1) is 32.3 Å². The van der Waals surface area contributed by atoms with E-state index in [9.17, 15) is 14.4 Å². The molecule has 0 saturated carbocycles. The molecule has 0 aliphatic carbocycles. The molecular weight excluding hydrogens is 352 g/mol. The number of esters is 1. The van der Waals surface area contributed by atoms with E-state index in [0.29, 0.717) is 26.0 Å². The van der Waals surface area contributed by atoms with Crippen LogP contribution in [0.3, 0.4) is 0 Å². The van der Waals surface area contributed by atoms with Crippen LogP contribution in [0.15, 0.2) is 25.3 Å². The van der Waals surface area contributed by atoms with Gasteiger partial charge in [0.1, 0.15) is 6.10 Å². The summed E-state index contributed by atoms with van der Waals surface area (Å²) in [6.45, 7) is 9.75. The minimum absolute atomic E-state index is 0.0192. The van der Waals surface area contributed by atoms with Crippen LogP contribution in [0.2, 0.25) is 0 Å². The van der Waals surface area contributed by atoms with Crippen LogP contribution in [-0.2, 0) is 23.9 Å². The summed E-state index contributed by atoms with van der Waals surface area (Å²) >= 11 is 0. The third-order valence-electron chi connectivity index (χ3n) is 3.51. The van der Waals surface area contributed by atoms with Crippen molar-refractivity contribution in [2.24, 2.45) is 5.92 Å². The predicted octanol–water partition coefficient (Wildman–Crippen LogP) is 0.708. The Labute approximate surface area is 161 Å². The summed E-state index contributed by atoms with van der Waals surface area (Å²) in [6, 6.07) is 0. The quantitative estimate of drug-likeness (QED) is 0.205. The Morgan fingerprint density at radius 3 is 2.52 bits per heavy atom. The standard InChI is InChI=1S/C19H32N2O6/c1-4-6-8-18(24)27-15(3)14-21-19(25)16(7-5-2)13-17(23)20-9-11-26-12-10-22/h4-5,15-16,22H,1-2,6-14H2,3H3,(H,20,23)(H,21,25). The van der Waals surface area contributed by atoms with Crippen molar-refractivity contribution in [3.63, 3.8) is 0 Å². The van der Waals surface area contributed by atoms with Crippen LogP contribution in [0, 0.1) is 5.92 Å². The SMILES string of the molecule is C=CCCC(=O)OC(C)CNC(=O)C(CC=C)CC(=O)NCCOCCO. The second-order valence-corrected chi connectivity index (χ2v) is 5.98. The molecule has 27 heavy (non-hydrogen) atoms. The molecule has 0 aliphatic rings. The summed E-state index contributed by atoms with van der Waals surface area (Å²) in [4.78, 5) is 35.8. The first kappa shape index (κ1) is 24.8. The predicted molar refractivity (Wildman–Crippen MR) is 102 cm³/mol. The fourth-order valence-corrected chi connectivity index (χ4v) is 2.14. The maximum absolute atomic E-state index is 12.3. The average molecular weight is 384 g/mol. The molecule has 8 nitrogen and oxygen atoms in total. The Kier molecular flexibility index (Phi) is 14.7. The molecule has 8 heteroatoms. The maximum Gasteiger partial charge on any atom is 0.306 e. The van der Waals surface area contributed by atoms with Crippen molar-refractivity contribution in [3.8, 4) is 0 Å². The molecule has 0 heterocycles. The lowest BCUT2D eigenvalue weighted by Crippen LogP contribution is -2.39. The molecule has 0 aromatic rings. The number of aliphatic hydroxyl groups is 1. The fraction of sp³-hybridized carbons (Fsp3) is 0.632. The third-order valence-corrected chi connectivity index (χ3v) is 3.51. The van der Waals surface area contributed by atoms with Crippen molar-refractivity contribution in [3.05, 3.63) is 25.3 Å². The van der Waals surface area contributed by atoms with E-state index < -0.39 is 12.0 Å². The van der Waals surface area contributed by atoms with Gasteiger partial charge in [-0.3, -0.25) is 14.4 Å². The van der Waals surface area contributed by atoms with Gasteiger partial charge in [-0.1, -0.05) is 12.2 Å². The normalized spacial score (nSPS) is 12.5. The fourth-order valence-electron chi connectivity index (χ4n) is 2.14. The van der Waals surface area contributed by atoms with E-state index >= 15 is 0 Å². The first-order valence-corrected chi connectivity index (χ1v) is 9.08. The highest BCUT2D eigenvalue weighted by Crippen LogP contribution is 2.10. The van der Waals surface area contributed by atoms with Gasteiger partial charge in [0, 0.05) is 19.4 Å². The molecule has 0 radical (unpaired) electrons. The van der Waals surface area contributed by atoms with Gasteiger partial charge in [-0.2, -0.15) is 0 Å². The van der Waals surface area contributed by atoms with Crippen molar-refractivity contribution in [2.45, 2.75) is 38.7 Å². The van der Waals surface area contributed by atoms with E-state index in [1.807, 2.05) is 0 Å². The maximum atomic E-state index is 12.3. The second-order valence-electron chi connectivity index (χ2n) is 5.98. The van der Waals surface area contributed by atoms with E-state index in [1.54, 1.807) is 19.1 Å². The average Bonchev–Trinajstić information content (AvgIpc) is 2.63. The Morgan fingerprint density at radius 1 is 1.15 bits per heavy atom. The zero-order valence-corrected chi connectivity index (χ0v) is 16.1. The van der Waals surface area contributed by atoms with Crippen molar-refractivity contribution >= 4 is 17.8 Å². The Bertz CT molecular complexity index is 481. The number of ether oxygens (including phenoxy) is 2. The van der Waals surface area contributed by atoms with Gasteiger partial charge in [-0.05, 0) is 19.8 Å². The smallest absolute Gasteiger partial charge is 0.306 e. The van der Waals surface area contributed by atoms with Gasteiger partial charge in [0.15, 0.2) is 0 Å². The summed E-state index contributed by atoms with van der Waals surface area (Å²) in [7, 11) is 0. The highest BCUT2D eigenvalue weighted by molar-refractivity contribution is 5.85. The van der Waals surface area contributed by atoms with Gasteiger partial charge in [0.25, 0.3) is 0 Å². The van der Waals surface area contributed by atoms with E-state index in [0.717, 1.165) is 0 Å². The van der Waals surface area contributed by atoms with Gasteiger partial charge in [0.2, 0.25) is 11.8 Å². The topological polar surface area (TPSA) is 114 Å². The first-order valence-electron chi connectivity index (χ1n) is 9.08. The molecule has 3 N–H and O–H groups in total. The van der Waals surface area contributed by atoms with E-state index in [1.165, 1.54) is 0 Å². The van der Waals surface area contributed by atoms with Crippen LogP contribution >= 0.6 is 0 Å². The van der Waals surface area contributed by atoms with E-state index in [4.69, 9.17) is 14.6 Å². The summed E-state index contributed by atoms with van der Waals surface area (Å²) in [5.74, 6) is -1.46. The largest absolute Gasteiger partial charge is 0.461 e. The molecule has 0 bridgehead atoms. The first-order chi connectivity index (χ1) is 12.9. The Hall–Kier alpha value is -2.19. The molecule has 0 aromatic heterocycles. The summed E-state index contributed by atoms with van der Waals surface area (Å²) in [5.41, 5.74) is 0. The summed E-state index contributed by atoms with van der Waals surface area (Å²) < 4.78 is 10.2.